The van der Waals surface area contributed by atoms with E-state index in [1.807, 2.05) is 74.5 Å². The predicted molar refractivity (Wildman–Crippen MR) is 176 cm³/mol. The second-order valence-corrected chi connectivity index (χ2v) is 10.2. The molecule has 45 heavy (non-hydrogen) atoms. The van der Waals surface area contributed by atoms with E-state index >= 15 is 0 Å². The van der Waals surface area contributed by atoms with Crippen LogP contribution in [-0.4, -0.2) is 43.3 Å². The first kappa shape index (κ1) is 36.4. The Hall–Kier alpha value is -4.80. The van der Waals surface area contributed by atoms with Crippen LogP contribution in [0.3, 0.4) is 0 Å². The standard InChI is InChI=1S/C18H17NO3.C16H16O3.C2H2BrN/c1-13-6-4-7-14(10-13)17(22-12-19-2)15-8-5-9-16(11-15)18(20)21-3;1-11-5-3-6-12(9-11)15(17)13-7-4-8-14(10-13)16(18)19-2;3-1-2-4/h4-11,17H,12H2,1,3H3;3-10,15,17H,1-2H3;1H2. The number of nitrogens with zero attached hydrogens (tertiary/aromatic N) is 2. The summed E-state index contributed by atoms with van der Waals surface area (Å²) < 4.78 is 15.1. The summed E-state index contributed by atoms with van der Waals surface area (Å²) in [6.07, 6.45) is -1.14. The van der Waals surface area contributed by atoms with Crippen molar-refractivity contribution in [1.29, 1.82) is 5.26 Å². The van der Waals surface area contributed by atoms with Gasteiger partial charge in [0.15, 0.2) is 0 Å². The van der Waals surface area contributed by atoms with E-state index in [1.54, 1.807) is 42.5 Å². The summed E-state index contributed by atoms with van der Waals surface area (Å²) >= 11 is 2.89. The van der Waals surface area contributed by atoms with E-state index in [0.717, 1.165) is 27.8 Å². The molecular weight excluding hydrogens is 636 g/mol. The molecule has 4 aromatic rings. The van der Waals surface area contributed by atoms with Crippen molar-refractivity contribution in [3.05, 3.63) is 153 Å². The number of aliphatic hydroxyl groups is 1. The number of aryl methyl sites for hydroxylation is 2. The number of ether oxygens (including phenoxy) is 3. The third kappa shape index (κ3) is 11.7. The quantitative estimate of drug-likeness (QED) is 0.117. The number of halogens is 1. The monoisotopic (exact) mass is 670 g/mol. The summed E-state index contributed by atoms with van der Waals surface area (Å²) in [5.41, 5.74) is 6.34. The molecule has 0 aliphatic carbocycles. The highest BCUT2D eigenvalue weighted by Crippen LogP contribution is 2.28. The number of aliphatic hydroxyl groups excluding tert-OH is 1. The second-order valence-electron chi connectivity index (χ2n) is 9.59. The van der Waals surface area contributed by atoms with Crippen molar-refractivity contribution >= 4 is 27.9 Å². The Morgan fingerprint density at radius 3 is 1.64 bits per heavy atom. The molecule has 4 rings (SSSR count). The number of rotatable bonds is 8. The molecule has 2 unspecified atom stereocenters. The summed E-state index contributed by atoms with van der Waals surface area (Å²) in [6.45, 7) is 10.9. The van der Waals surface area contributed by atoms with E-state index in [-0.39, 0.29) is 6.73 Å². The Morgan fingerprint density at radius 1 is 0.800 bits per heavy atom. The van der Waals surface area contributed by atoms with Gasteiger partial charge in [-0.05, 0) is 60.4 Å². The fourth-order valence-corrected chi connectivity index (χ4v) is 4.26. The molecule has 0 aromatic heterocycles. The van der Waals surface area contributed by atoms with E-state index in [9.17, 15) is 14.7 Å². The molecule has 0 radical (unpaired) electrons. The van der Waals surface area contributed by atoms with Gasteiger partial charge in [-0.2, -0.15) is 5.26 Å². The smallest absolute Gasteiger partial charge is 0.337 e. The van der Waals surface area contributed by atoms with Gasteiger partial charge in [0.25, 0.3) is 0 Å². The lowest BCUT2D eigenvalue weighted by Gasteiger charge is -2.17. The van der Waals surface area contributed by atoms with E-state index in [2.05, 4.69) is 25.5 Å². The number of carbonyl (C=O) groups excluding carboxylic acids is 2. The molecule has 0 spiro atoms. The van der Waals surface area contributed by atoms with Gasteiger partial charge in [-0.1, -0.05) is 99.9 Å². The van der Waals surface area contributed by atoms with Crippen LogP contribution in [0.5, 0.6) is 0 Å². The van der Waals surface area contributed by atoms with Gasteiger partial charge in [0.1, 0.15) is 12.2 Å². The molecule has 1 N–H and O–H groups in total. The molecule has 9 heteroatoms. The Labute approximate surface area is 272 Å². The first-order valence-corrected chi connectivity index (χ1v) is 14.9. The van der Waals surface area contributed by atoms with Gasteiger partial charge in [0.05, 0.1) is 36.7 Å². The summed E-state index contributed by atoms with van der Waals surface area (Å²) in [7, 11) is 2.69. The molecule has 0 aliphatic heterocycles. The minimum absolute atomic E-state index is 0.0406. The number of alkyl halides is 1. The van der Waals surface area contributed by atoms with Crippen molar-refractivity contribution in [3.8, 4) is 6.07 Å². The van der Waals surface area contributed by atoms with Gasteiger partial charge in [0, 0.05) is 0 Å². The van der Waals surface area contributed by atoms with E-state index < -0.39 is 24.1 Å². The molecule has 0 saturated carbocycles. The molecule has 0 bridgehead atoms. The maximum Gasteiger partial charge on any atom is 0.337 e. The molecule has 232 valence electrons. The molecule has 0 heterocycles. The number of methoxy groups -OCH3 is 2. The minimum Gasteiger partial charge on any atom is -0.465 e. The van der Waals surface area contributed by atoms with Gasteiger partial charge < -0.3 is 14.6 Å². The summed E-state index contributed by atoms with van der Waals surface area (Å²) in [5.74, 6) is -0.798. The zero-order valence-corrected chi connectivity index (χ0v) is 27.2. The van der Waals surface area contributed by atoms with Crippen LogP contribution in [0, 0.1) is 31.8 Å². The first-order valence-electron chi connectivity index (χ1n) is 13.7. The average Bonchev–Trinajstić information content (AvgIpc) is 3.08. The zero-order valence-electron chi connectivity index (χ0n) is 25.6. The Balaban J connectivity index is 0.000000283. The van der Waals surface area contributed by atoms with Crippen LogP contribution in [0.15, 0.2) is 97.1 Å². The Morgan fingerprint density at radius 2 is 1.20 bits per heavy atom. The van der Waals surface area contributed by atoms with Crippen molar-refractivity contribution in [1.82, 2.24) is 0 Å². The third-order valence-corrected chi connectivity index (χ3v) is 6.55. The number of benzene rings is 4. The molecule has 0 aliphatic rings. The van der Waals surface area contributed by atoms with Crippen LogP contribution in [0.25, 0.3) is 4.85 Å². The Kier molecular flexibility index (Phi) is 15.7. The third-order valence-electron chi connectivity index (χ3n) is 6.30. The number of carbonyl (C=O) groups is 2. The van der Waals surface area contributed by atoms with Crippen LogP contribution in [0.1, 0.15) is 66.3 Å². The number of hydrogen-bond donors (Lipinski definition) is 1. The summed E-state index contributed by atoms with van der Waals surface area (Å²) in [5, 5.41) is 18.4. The molecule has 0 saturated heterocycles. The topological polar surface area (TPSA) is 110 Å². The highest BCUT2D eigenvalue weighted by molar-refractivity contribution is 9.09. The van der Waals surface area contributed by atoms with Crippen molar-refractivity contribution in [2.75, 3.05) is 26.3 Å². The van der Waals surface area contributed by atoms with Crippen molar-refractivity contribution in [2.24, 2.45) is 0 Å². The fourth-order valence-electron chi connectivity index (χ4n) is 4.26. The van der Waals surface area contributed by atoms with E-state index in [1.165, 1.54) is 14.2 Å². The maximum atomic E-state index is 11.7. The van der Waals surface area contributed by atoms with Crippen LogP contribution in [0.2, 0.25) is 0 Å². The minimum atomic E-state index is -0.746. The molecule has 4 aromatic carbocycles. The zero-order chi connectivity index (χ0) is 33.2. The number of hydrogen-bond acceptors (Lipinski definition) is 7. The molecule has 8 nitrogen and oxygen atoms in total. The fraction of sp³-hybridized carbons (Fsp3) is 0.222. The highest BCUT2D eigenvalue weighted by Gasteiger charge is 2.18. The van der Waals surface area contributed by atoms with Crippen LogP contribution in [0.4, 0.5) is 0 Å². The average molecular weight is 672 g/mol. The lowest BCUT2D eigenvalue weighted by atomic mass is 9.98. The summed E-state index contributed by atoms with van der Waals surface area (Å²) in [4.78, 5) is 26.4. The molecular formula is C36H35BrN2O6. The first-order chi connectivity index (χ1) is 21.7. The highest BCUT2D eigenvalue weighted by atomic mass is 79.9. The lowest BCUT2D eigenvalue weighted by Crippen LogP contribution is -2.08. The van der Waals surface area contributed by atoms with Gasteiger partial charge in [-0.15, -0.1) is 0 Å². The SMILES string of the molecule is COC(=O)c1cccc(C(O)c2cccc(C)c2)c1.N#CCBr.[C-]#[N+]COC(c1cccc(C)c1)c1cccc(C(=O)OC)c1. The van der Waals surface area contributed by atoms with Gasteiger partial charge in [-0.25, -0.2) is 16.2 Å². The van der Waals surface area contributed by atoms with Gasteiger partial charge in [0.2, 0.25) is 0 Å². The Bertz CT molecular complexity index is 1640. The van der Waals surface area contributed by atoms with E-state index in [0.29, 0.717) is 22.0 Å². The largest absolute Gasteiger partial charge is 0.465 e. The van der Waals surface area contributed by atoms with Crippen molar-refractivity contribution < 1.29 is 28.9 Å². The second kappa shape index (κ2) is 19.5. The molecule has 2 atom stereocenters. The van der Waals surface area contributed by atoms with Gasteiger partial charge in [-0.3, -0.25) is 9.58 Å². The van der Waals surface area contributed by atoms with E-state index in [4.69, 9.17) is 21.3 Å². The predicted octanol–water partition coefficient (Wildman–Crippen LogP) is 7.53. The van der Waals surface area contributed by atoms with Gasteiger partial charge >= 0.3 is 18.7 Å². The van der Waals surface area contributed by atoms with Crippen LogP contribution in [-0.2, 0) is 14.2 Å². The normalized spacial score (nSPS) is 11.1. The number of esters is 2. The lowest BCUT2D eigenvalue weighted by molar-refractivity contribution is 0.0591. The van der Waals surface area contributed by atoms with Crippen molar-refractivity contribution in [3.63, 3.8) is 0 Å². The molecule has 0 fully saturated rings. The molecule has 0 amide bonds. The maximum absolute atomic E-state index is 11.7. The number of nitriles is 1. The van der Waals surface area contributed by atoms with Crippen molar-refractivity contribution in [2.45, 2.75) is 26.1 Å². The summed E-state index contributed by atoms with van der Waals surface area (Å²) in [6, 6.07) is 31.4. The van der Waals surface area contributed by atoms with Crippen LogP contribution >= 0.6 is 15.9 Å². The van der Waals surface area contributed by atoms with Crippen LogP contribution < -0.4 is 0 Å².